The topological polar surface area (TPSA) is 61.8 Å². The summed E-state index contributed by atoms with van der Waals surface area (Å²) in [7, 11) is 8.22. The Labute approximate surface area is 219 Å². The van der Waals surface area contributed by atoms with E-state index in [0.717, 1.165) is 51.3 Å². The van der Waals surface area contributed by atoms with Gasteiger partial charge in [-0.1, -0.05) is 28.1 Å². The summed E-state index contributed by atoms with van der Waals surface area (Å²) in [5, 5.41) is 0. The molecule has 188 valence electrons. The molecule has 2 heterocycles. The van der Waals surface area contributed by atoms with Crippen molar-refractivity contribution in [2.24, 2.45) is 4.99 Å². The van der Waals surface area contributed by atoms with Crippen LogP contribution in [0, 0.1) is 0 Å². The molecule has 0 amide bonds. The number of fused-ring (bicyclic) bond motifs is 5. The Morgan fingerprint density at radius 2 is 1.42 bits per heavy atom. The Morgan fingerprint density at radius 1 is 0.778 bits per heavy atom. The van der Waals surface area contributed by atoms with E-state index >= 15 is 0 Å². The molecule has 3 aromatic carbocycles. The van der Waals surface area contributed by atoms with Gasteiger partial charge < -0.3 is 23.7 Å². The average Bonchev–Trinajstić information content (AvgIpc) is 3.08. The molecule has 0 aliphatic carbocycles. The summed E-state index contributed by atoms with van der Waals surface area (Å²) in [6.45, 7) is 1.53. The molecule has 1 unspecified atom stereocenters. The summed E-state index contributed by atoms with van der Waals surface area (Å²) in [6, 6.07) is 14.4. The molecule has 5 rings (SSSR count). The van der Waals surface area contributed by atoms with Gasteiger partial charge in [0.15, 0.2) is 23.0 Å². The zero-order chi connectivity index (χ0) is 25.4. The molecule has 36 heavy (non-hydrogen) atoms. The van der Waals surface area contributed by atoms with Gasteiger partial charge >= 0.3 is 0 Å². The third-order valence-corrected chi connectivity index (χ3v) is 7.41. The maximum Gasteiger partial charge on any atom is 0.205 e. The summed E-state index contributed by atoms with van der Waals surface area (Å²) in [4.78, 5) is 7.66. The number of hydrogen-bond acceptors (Lipinski definition) is 7. The molecule has 3 aromatic rings. The van der Waals surface area contributed by atoms with Crippen LogP contribution < -0.4 is 23.7 Å². The van der Waals surface area contributed by atoms with E-state index in [2.05, 4.69) is 45.1 Å². The van der Waals surface area contributed by atoms with Crippen LogP contribution in [0.4, 0.5) is 5.69 Å². The van der Waals surface area contributed by atoms with E-state index in [4.69, 9.17) is 28.7 Å². The second kappa shape index (κ2) is 10.0. The molecule has 0 saturated heterocycles. The number of hydrogen-bond donors (Lipinski definition) is 0. The van der Waals surface area contributed by atoms with Gasteiger partial charge in [-0.25, -0.2) is 4.99 Å². The maximum absolute atomic E-state index is 5.90. The fourth-order valence-electron chi connectivity index (χ4n) is 5.18. The number of nitrogens with zero attached hydrogens (tertiary/aromatic N) is 2. The highest BCUT2D eigenvalue weighted by Crippen LogP contribution is 2.53. The van der Waals surface area contributed by atoms with Crippen molar-refractivity contribution >= 4 is 27.3 Å². The number of halogens is 1. The van der Waals surface area contributed by atoms with Gasteiger partial charge in [0.1, 0.15) is 5.69 Å². The van der Waals surface area contributed by atoms with Crippen LogP contribution in [0.25, 0.3) is 0 Å². The van der Waals surface area contributed by atoms with Crippen LogP contribution in [0.3, 0.4) is 0 Å². The Balaban J connectivity index is 1.79. The third-order valence-electron chi connectivity index (χ3n) is 6.88. The van der Waals surface area contributed by atoms with Crippen molar-refractivity contribution in [3.8, 4) is 28.7 Å². The SMILES string of the molecule is COc1cc2c(cc1OC)C1c3cc(OC)c(OC)c(OC)c3N=C(c3ccc(Br)cc3)CN1CC2. The first-order valence-corrected chi connectivity index (χ1v) is 12.5. The molecule has 8 heteroatoms. The van der Waals surface area contributed by atoms with Crippen molar-refractivity contribution in [2.75, 3.05) is 48.6 Å². The minimum Gasteiger partial charge on any atom is -0.493 e. The lowest BCUT2D eigenvalue weighted by atomic mass is 9.86. The quantitative estimate of drug-likeness (QED) is 0.398. The van der Waals surface area contributed by atoms with Crippen molar-refractivity contribution in [3.63, 3.8) is 0 Å². The Bertz CT molecular complexity index is 1320. The van der Waals surface area contributed by atoms with Crippen LogP contribution in [-0.4, -0.2) is 59.3 Å². The predicted octanol–water partition coefficient (Wildman–Crippen LogP) is 5.57. The van der Waals surface area contributed by atoms with Gasteiger partial charge in [-0.05, 0) is 53.4 Å². The minimum atomic E-state index is -0.0889. The molecule has 2 aliphatic heterocycles. The van der Waals surface area contributed by atoms with Gasteiger partial charge in [0.25, 0.3) is 0 Å². The monoisotopic (exact) mass is 552 g/mol. The number of benzene rings is 3. The molecule has 1 atom stereocenters. The zero-order valence-electron chi connectivity index (χ0n) is 21.1. The third kappa shape index (κ3) is 4.08. The zero-order valence-corrected chi connectivity index (χ0v) is 22.6. The standard InChI is InChI=1S/C28H29BrN2O5/c1-32-22-12-17-10-11-31-15-21(16-6-8-18(29)9-7-16)30-25-20(26(31)19(17)13-23(22)33-2)14-24(34-3)27(35-4)28(25)36-5/h6-9,12-14,26H,10-11,15H2,1-5H3. The highest BCUT2D eigenvalue weighted by atomic mass is 79.9. The van der Waals surface area contributed by atoms with Gasteiger partial charge in [-0.2, -0.15) is 0 Å². The second-order valence-electron chi connectivity index (χ2n) is 8.68. The molecule has 7 nitrogen and oxygen atoms in total. The van der Waals surface area contributed by atoms with E-state index in [1.807, 2.05) is 18.2 Å². The second-order valence-corrected chi connectivity index (χ2v) is 9.59. The molecule has 0 fully saturated rings. The van der Waals surface area contributed by atoms with Crippen LogP contribution >= 0.6 is 15.9 Å². The molecular formula is C28H29BrN2O5. The van der Waals surface area contributed by atoms with Gasteiger partial charge in [-0.3, -0.25) is 4.90 Å². The molecule has 0 spiro atoms. The number of methoxy groups -OCH3 is 5. The predicted molar refractivity (Wildman–Crippen MR) is 143 cm³/mol. The largest absolute Gasteiger partial charge is 0.493 e. The maximum atomic E-state index is 5.90. The molecular weight excluding hydrogens is 524 g/mol. The van der Waals surface area contributed by atoms with E-state index in [0.29, 0.717) is 29.5 Å². The highest BCUT2D eigenvalue weighted by Gasteiger charge is 2.37. The molecule has 0 N–H and O–H groups in total. The van der Waals surface area contributed by atoms with E-state index in [-0.39, 0.29) is 6.04 Å². The summed E-state index contributed by atoms with van der Waals surface area (Å²) >= 11 is 3.54. The van der Waals surface area contributed by atoms with Crippen molar-refractivity contribution < 1.29 is 23.7 Å². The Hall–Kier alpha value is -3.23. The van der Waals surface area contributed by atoms with Crippen LogP contribution in [0.1, 0.15) is 28.3 Å². The van der Waals surface area contributed by atoms with Crippen LogP contribution in [0.5, 0.6) is 28.7 Å². The molecule has 0 aromatic heterocycles. The Kier molecular flexibility index (Phi) is 6.81. The van der Waals surface area contributed by atoms with Crippen molar-refractivity contribution in [1.82, 2.24) is 4.90 Å². The van der Waals surface area contributed by atoms with Gasteiger partial charge in [0, 0.05) is 23.1 Å². The number of rotatable bonds is 6. The summed E-state index contributed by atoms with van der Waals surface area (Å²) in [5.74, 6) is 3.11. The summed E-state index contributed by atoms with van der Waals surface area (Å²) < 4.78 is 29.7. The number of ether oxygens (including phenoxy) is 5. The lowest BCUT2D eigenvalue weighted by molar-refractivity contribution is 0.244. The summed E-state index contributed by atoms with van der Waals surface area (Å²) in [6.07, 6.45) is 0.888. The lowest BCUT2D eigenvalue weighted by Gasteiger charge is -2.37. The normalized spacial score (nSPS) is 16.6. The van der Waals surface area contributed by atoms with E-state index < -0.39 is 0 Å². The minimum absolute atomic E-state index is 0.0889. The fraction of sp³-hybridized carbons (Fsp3) is 0.321. The van der Waals surface area contributed by atoms with Crippen LogP contribution in [-0.2, 0) is 6.42 Å². The fourth-order valence-corrected chi connectivity index (χ4v) is 5.44. The summed E-state index contributed by atoms with van der Waals surface area (Å²) in [5.41, 5.74) is 6.12. The molecule has 0 saturated carbocycles. The van der Waals surface area contributed by atoms with Crippen LogP contribution in [0.2, 0.25) is 0 Å². The smallest absolute Gasteiger partial charge is 0.205 e. The first-order chi connectivity index (χ1) is 17.5. The van der Waals surface area contributed by atoms with Crippen LogP contribution in [0.15, 0.2) is 51.9 Å². The first kappa shape index (κ1) is 24.5. The van der Waals surface area contributed by atoms with E-state index in [1.54, 1.807) is 35.5 Å². The molecule has 2 aliphatic rings. The van der Waals surface area contributed by atoms with E-state index in [1.165, 1.54) is 5.56 Å². The van der Waals surface area contributed by atoms with Gasteiger partial charge in [-0.15, -0.1) is 0 Å². The van der Waals surface area contributed by atoms with Gasteiger partial charge in [0.2, 0.25) is 5.75 Å². The van der Waals surface area contributed by atoms with E-state index in [9.17, 15) is 0 Å². The molecule has 0 radical (unpaired) electrons. The van der Waals surface area contributed by atoms with Crippen molar-refractivity contribution in [1.29, 1.82) is 0 Å². The average molecular weight is 553 g/mol. The lowest BCUT2D eigenvalue weighted by Crippen LogP contribution is -2.38. The van der Waals surface area contributed by atoms with Crippen molar-refractivity contribution in [3.05, 3.63) is 69.2 Å². The highest BCUT2D eigenvalue weighted by molar-refractivity contribution is 9.10. The molecule has 0 bridgehead atoms. The Morgan fingerprint density at radius 3 is 2.06 bits per heavy atom. The number of aliphatic imine (C=N–C) groups is 1. The first-order valence-electron chi connectivity index (χ1n) is 11.7. The van der Waals surface area contributed by atoms with Crippen molar-refractivity contribution in [2.45, 2.75) is 12.5 Å². The van der Waals surface area contributed by atoms with Gasteiger partial charge in [0.05, 0.1) is 47.3 Å².